The lowest BCUT2D eigenvalue weighted by atomic mass is 9.80. The average molecular weight is 226 g/mol. The van der Waals surface area contributed by atoms with E-state index in [1.807, 2.05) is 0 Å². The fourth-order valence-electron chi connectivity index (χ4n) is 3.04. The molecule has 0 saturated carbocycles. The first-order chi connectivity index (χ1) is 7.58. The van der Waals surface area contributed by atoms with Gasteiger partial charge in [0, 0.05) is 25.0 Å². The quantitative estimate of drug-likeness (QED) is 0.739. The van der Waals surface area contributed by atoms with Crippen molar-refractivity contribution in [1.29, 1.82) is 0 Å². The smallest absolute Gasteiger partial charge is 0.0615 e. The summed E-state index contributed by atoms with van der Waals surface area (Å²) >= 11 is 0. The lowest BCUT2D eigenvalue weighted by molar-refractivity contribution is -0.0296. The van der Waals surface area contributed by atoms with Crippen LogP contribution in [0.4, 0.5) is 0 Å². The van der Waals surface area contributed by atoms with Crippen molar-refractivity contribution in [3.05, 3.63) is 0 Å². The molecule has 0 radical (unpaired) electrons. The zero-order valence-electron chi connectivity index (χ0n) is 10.7. The molecule has 2 N–H and O–H groups in total. The first kappa shape index (κ1) is 12.3. The highest BCUT2D eigenvalue weighted by molar-refractivity contribution is 4.88. The minimum atomic E-state index is -0.114. The van der Waals surface area contributed by atoms with Crippen LogP contribution in [0.2, 0.25) is 0 Å². The lowest BCUT2D eigenvalue weighted by Crippen LogP contribution is -2.50. The maximum absolute atomic E-state index is 9.92. The van der Waals surface area contributed by atoms with Crippen LogP contribution in [-0.2, 0) is 0 Å². The molecular weight excluding hydrogens is 200 g/mol. The van der Waals surface area contributed by atoms with Gasteiger partial charge in [0.25, 0.3) is 0 Å². The normalized spacial score (nSPS) is 32.8. The number of hydrogen-bond acceptors (Lipinski definition) is 3. The first-order valence-corrected chi connectivity index (χ1v) is 6.69. The van der Waals surface area contributed by atoms with Crippen LogP contribution >= 0.6 is 0 Å². The summed E-state index contributed by atoms with van der Waals surface area (Å²) in [6.45, 7) is 10.1. The van der Waals surface area contributed by atoms with Gasteiger partial charge in [-0.1, -0.05) is 13.8 Å². The highest BCUT2D eigenvalue weighted by Gasteiger charge is 2.35. The third-order valence-electron chi connectivity index (χ3n) is 4.23. The van der Waals surface area contributed by atoms with Gasteiger partial charge in [-0.15, -0.1) is 0 Å². The lowest BCUT2D eigenvalue weighted by Gasteiger charge is -2.43. The number of rotatable bonds is 2. The molecule has 0 aromatic carbocycles. The molecule has 2 aliphatic heterocycles. The Balaban J connectivity index is 1.81. The Bertz CT molecular complexity index is 224. The second-order valence-corrected chi connectivity index (χ2v) is 6.22. The molecule has 2 aliphatic rings. The van der Waals surface area contributed by atoms with Gasteiger partial charge in [-0.3, -0.25) is 0 Å². The molecule has 0 spiro atoms. The summed E-state index contributed by atoms with van der Waals surface area (Å²) in [5.41, 5.74) is 0.0746. The van der Waals surface area contributed by atoms with Gasteiger partial charge in [-0.05, 0) is 38.3 Å². The zero-order valence-corrected chi connectivity index (χ0v) is 10.7. The van der Waals surface area contributed by atoms with Gasteiger partial charge >= 0.3 is 0 Å². The summed E-state index contributed by atoms with van der Waals surface area (Å²) in [5, 5.41) is 13.3. The van der Waals surface area contributed by atoms with Crippen LogP contribution in [0.3, 0.4) is 0 Å². The van der Waals surface area contributed by atoms with E-state index >= 15 is 0 Å². The maximum Gasteiger partial charge on any atom is 0.0615 e. The summed E-state index contributed by atoms with van der Waals surface area (Å²) in [5.74, 6) is 0.868. The molecule has 1 unspecified atom stereocenters. The van der Waals surface area contributed by atoms with Gasteiger partial charge in [0.15, 0.2) is 0 Å². The number of aliphatic hydroxyl groups excluding tert-OH is 1. The van der Waals surface area contributed by atoms with Gasteiger partial charge < -0.3 is 15.3 Å². The van der Waals surface area contributed by atoms with Crippen molar-refractivity contribution in [2.75, 3.05) is 32.7 Å². The van der Waals surface area contributed by atoms with E-state index in [0.717, 1.165) is 25.4 Å². The summed E-state index contributed by atoms with van der Waals surface area (Å²) in [7, 11) is 0. The second kappa shape index (κ2) is 5.03. The maximum atomic E-state index is 9.92. The first-order valence-electron chi connectivity index (χ1n) is 6.69. The summed E-state index contributed by atoms with van der Waals surface area (Å²) in [4.78, 5) is 2.56. The van der Waals surface area contributed by atoms with E-state index in [9.17, 15) is 5.11 Å². The minimum absolute atomic E-state index is 0.0746. The summed E-state index contributed by atoms with van der Waals surface area (Å²) < 4.78 is 0. The standard InChI is InChI=1S/C13H26N2O/c1-13(2)10-15(8-5-12(13)16)9-11-3-6-14-7-4-11/h11-12,14,16H,3-10H2,1-2H3. The summed E-state index contributed by atoms with van der Waals surface area (Å²) in [6.07, 6.45) is 3.47. The van der Waals surface area contributed by atoms with Crippen molar-refractivity contribution in [2.45, 2.75) is 39.2 Å². The molecule has 2 fully saturated rings. The van der Waals surface area contributed by atoms with Crippen LogP contribution in [0.15, 0.2) is 0 Å². The molecule has 0 bridgehead atoms. The number of nitrogens with one attached hydrogen (secondary N) is 1. The van der Waals surface area contributed by atoms with Crippen LogP contribution in [0.1, 0.15) is 33.1 Å². The molecule has 2 saturated heterocycles. The SMILES string of the molecule is CC1(C)CN(CC2CCNCC2)CCC1O. The third kappa shape index (κ3) is 2.96. The van der Waals surface area contributed by atoms with E-state index in [4.69, 9.17) is 0 Å². The van der Waals surface area contributed by atoms with Gasteiger partial charge in [0.2, 0.25) is 0 Å². The molecular formula is C13H26N2O. The molecule has 0 aliphatic carbocycles. The van der Waals surface area contributed by atoms with Crippen molar-refractivity contribution in [3.8, 4) is 0 Å². The monoisotopic (exact) mass is 226 g/mol. The van der Waals surface area contributed by atoms with Crippen molar-refractivity contribution < 1.29 is 5.11 Å². The number of nitrogens with zero attached hydrogens (tertiary/aromatic N) is 1. The highest BCUT2D eigenvalue weighted by Crippen LogP contribution is 2.30. The van der Waals surface area contributed by atoms with Crippen LogP contribution in [0.25, 0.3) is 0 Å². The number of piperidine rings is 2. The van der Waals surface area contributed by atoms with Crippen molar-refractivity contribution in [3.63, 3.8) is 0 Å². The van der Waals surface area contributed by atoms with Crippen molar-refractivity contribution in [2.24, 2.45) is 11.3 Å². The molecule has 2 rings (SSSR count). The van der Waals surface area contributed by atoms with E-state index in [-0.39, 0.29) is 11.5 Å². The van der Waals surface area contributed by atoms with Crippen molar-refractivity contribution in [1.82, 2.24) is 10.2 Å². The van der Waals surface area contributed by atoms with Gasteiger partial charge in [0.1, 0.15) is 0 Å². The Morgan fingerprint density at radius 2 is 1.94 bits per heavy atom. The largest absolute Gasteiger partial charge is 0.392 e. The average Bonchev–Trinajstić information content (AvgIpc) is 2.25. The van der Waals surface area contributed by atoms with Crippen LogP contribution < -0.4 is 5.32 Å². The molecule has 0 aromatic rings. The van der Waals surface area contributed by atoms with Crippen LogP contribution in [0, 0.1) is 11.3 Å². The Kier molecular flexibility index (Phi) is 3.88. The van der Waals surface area contributed by atoms with Crippen molar-refractivity contribution >= 4 is 0 Å². The highest BCUT2D eigenvalue weighted by atomic mass is 16.3. The van der Waals surface area contributed by atoms with E-state index in [0.29, 0.717) is 0 Å². The van der Waals surface area contributed by atoms with Gasteiger partial charge in [-0.25, -0.2) is 0 Å². The third-order valence-corrected chi connectivity index (χ3v) is 4.23. The fraction of sp³-hybridized carbons (Fsp3) is 1.00. The molecule has 3 nitrogen and oxygen atoms in total. The molecule has 0 aromatic heterocycles. The van der Waals surface area contributed by atoms with E-state index in [1.54, 1.807) is 0 Å². The summed E-state index contributed by atoms with van der Waals surface area (Å²) in [6, 6.07) is 0. The zero-order chi connectivity index (χ0) is 11.6. The van der Waals surface area contributed by atoms with E-state index in [2.05, 4.69) is 24.1 Å². The minimum Gasteiger partial charge on any atom is -0.392 e. The number of aliphatic hydroxyl groups is 1. The predicted octanol–water partition coefficient (Wildman–Crippen LogP) is 1.08. The van der Waals surface area contributed by atoms with Crippen LogP contribution in [-0.4, -0.2) is 48.8 Å². The Labute approximate surface area is 99.2 Å². The Hall–Kier alpha value is -0.120. The molecule has 1 atom stereocenters. The predicted molar refractivity (Wildman–Crippen MR) is 66.4 cm³/mol. The van der Waals surface area contributed by atoms with Crippen LogP contribution in [0.5, 0.6) is 0 Å². The second-order valence-electron chi connectivity index (χ2n) is 6.22. The number of likely N-dealkylation sites (tertiary alicyclic amines) is 1. The Morgan fingerprint density at radius 1 is 1.25 bits per heavy atom. The fourth-order valence-corrected chi connectivity index (χ4v) is 3.04. The molecule has 0 amide bonds. The number of hydrogen-bond donors (Lipinski definition) is 2. The van der Waals surface area contributed by atoms with Gasteiger partial charge in [0.05, 0.1) is 6.10 Å². The topological polar surface area (TPSA) is 35.5 Å². The molecule has 94 valence electrons. The molecule has 3 heteroatoms. The molecule has 2 heterocycles. The van der Waals surface area contributed by atoms with E-state index < -0.39 is 0 Å². The Morgan fingerprint density at radius 3 is 2.56 bits per heavy atom. The molecule has 16 heavy (non-hydrogen) atoms. The van der Waals surface area contributed by atoms with E-state index in [1.165, 1.54) is 32.5 Å². The van der Waals surface area contributed by atoms with Gasteiger partial charge in [-0.2, -0.15) is 0 Å².